The van der Waals surface area contributed by atoms with Crippen LogP contribution in [0.15, 0.2) is 0 Å². The number of esters is 1. The van der Waals surface area contributed by atoms with Crippen molar-refractivity contribution in [2.45, 2.75) is 13.8 Å². The van der Waals surface area contributed by atoms with Gasteiger partial charge in [-0.3, -0.25) is 9.59 Å². The molecule has 1 N–H and O–H groups in total. The molecule has 2 amide bonds. The molecule has 0 spiro atoms. The zero-order chi connectivity index (χ0) is 14.6. The van der Waals surface area contributed by atoms with Crippen molar-refractivity contribution in [1.29, 1.82) is 0 Å². The Labute approximate surface area is 112 Å². The third-order valence-corrected chi connectivity index (χ3v) is 3.40. The molecule has 1 rings (SSSR count). The molecule has 1 aliphatic heterocycles. The van der Waals surface area contributed by atoms with E-state index in [1.54, 1.807) is 6.92 Å². The lowest BCUT2D eigenvalue weighted by molar-refractivity contribution is -0.143. The van der Waals surface area contributed by atoms with Crippen molar-refractivity contribution >= 4 is 18.0 Å². The molecule has 0 radical (unpaired) electrons. The smallest absolute Gasteiger partial charge is 0.325 e. The van der Waals surface area contributed by atoms with Crippen LogP contribution < -0.4 is 0 Å². The first-order valence-electron chi connectivity index (χ1n) is 6.24. The highest BCUT2D eigenvalue weighted by Crippen LogP contribution is 2.24. The summed E-state index contributed by atoms with van der Waals surface area (Å²) in [5, 5.41) is 9.04. The van der Waals surface area contributed by atoms with Crippen LogP contribution in [0.4, 0.5) is 4.79 Å². The first kappa shape index (κ1) is 15.3. The highest BCUT2D eigenvalue weighted by atomic mass is 16.5. The van der Waals surface area contributed by atoms with E-state index in [9.17, 15) is 14.4 Å². The minimum atomic E-state index is -0.890. The van der Waals surface area contributed by atoms with Crippen molar-refractivity contribution in [2.75, 3.05) is 33.3 Å². The van der Waals surface area contributed by atoms with Gasteiger partial charge in [0.2, 0.25) is 0 Å². The van der Waals surface area contributed by atoms with Crippen LogP contribution in [0.3, 0.4) is 0 Å². The fourth-order valence-corrected chi connectivity index (χ4v) is 2.18. The van der Waals surface area contributed by atoms with E-state index in [0.717, 1.165) is 0 Å². The summed E-state index contributed by atoms with van der Waals surface area (Å²) >= 11 is 0. The molecule has 19 heavy (non-hydrogen) atoms. The average Bonchev–Trinajstić information content (AvgIpc) is 2.77. The van der Waals surface area contributed by atoms with Gasteiger partial charge in [-0.2, -0.15) is 0 Å². The maximum atomic E-state index is 12.2. The molecule has 7 heteroatoms. The summed E-state index contributed by atoms with van der Waals surface area (Å²) in [6, 6.07) is -0.316. The molecule has 108 valence electrons. The predicted molar refractivity (Wildman–Crippen MR) is 66.5 cm³/mol. The minimum Gasteiger partial charge on any atom is -0.481 e. The highest BCUT2D eigenvalue weighted by Gasteiger charge is 2.38. The summed E-state index contributed by atoms with van der Waals surface area (Å²) < 4.78 is 4.53. The van der Waals surface area contributed by atoms with Crippen LogP contribution in [0.1, 0.15) is 13.8 Å². The number of hydrogen-bond acceptors (Lipinski definition) is 4. The third kappa shape index (κ3) is 3.59. The molecule has 1 aliphatic rings. The molecule has 1 heterocycles. The first-order chi connectivity index (χ1) is 8.90. The number of nitrogens with zero attached hydrogens (tertiary/aromatic N) is 2. The van der Waals surface area contributed by atoms with E-state index in [0.29, 0.717) is 13.1 Å². The Kier molecular flexibility index (Phi) is 5.14. The number of hydrogen-bond donors (Lipinski definition) is 1. The topological polar surface area (TPSA) is 87.2 Å². The van der Waals surface area contributed by atoms with Crippen LogP contribution in [0.2, 0.25) is 0 Å². The molecule has 1 fully saturated rings. The Morgan fingerprint density at radius 2 is 2.00 bits per heavy atom. The summed E-state index contributed by atoms with van der Waals surface area (Å²) in [7, 11) is 1.26. The van der Waals surface area contributed by atoms with Crippen LogP contribution in [-0.2, 0) is 14.3 Å². The zero-order valence-electron chi connectivity index (χ0n) is 11.5. The second-order valence-electron chi connectivity index (χ2n) is 4.70. The molecular formula is C12H20N2O5. The molecule has 7 nitrogen and oxygen atoms in total. The monoisotopic (exact) mass is 272 g/mol. The minimum absolute atomic E-state index is 0.0849. The van der Waals surface area contributed by atoms with Crippen LogP contribution >= 0.6 is 0 Å². The third-order valence-electron chi connectivity index (χ3n) is 3.40. The van der Waals surface area contributed by atoms with Crippen LogP contribution in [0.25, 0.3) is 0 Å². The van der Waals surface area contributed by atoms with Gasteiger partial charge in [-0.05, 0) is 12.8 Å². The van der Waals surface area contributed by atoms with Crippen molar-refractivity contribution in [2.24, 2.45) is 11.8 Å². The van der Waals surface area contributed by atoms with Gasteiger partial charge < -0.3 is 19.6 Å². The summed E-state index contributed by atoms with van der Waals surface area (Å²) in [5.74, 6) is -2.00. The number of likely N-dealkylation sites (N-methyl/N-ethyl adjacent to an activating group) is 1. The Morgan fingerprint density at radius 3 is 2.42 bits per heavy atom. The van der Waals surface area contributed by atoms with Crippen LogP contribution in [0.5, 0.6) is 0 Å². The number of carbonyl (C=O) groups excluding carboxylic acids is 2. The molecule has 0 unspecified atom stereocenters. The van der Waals surface area contributed by atoms with Gasteiger partial charge in [-0.1, -0.05) is 6.92 Å². The predicted octanol–water partition coefficient (Wildman–Crippen LogP) is 0.254. The molecular weight excluding hydrogens is 252 g/mol. The summed E-state index contributed by atoms with van der Waals surface area (Å²) in [4.78, 5) is 37.3. The van der Waals surface area contributed by atoms with Crippen molar-refractivity contribution in [1.82, 2.24) is 9.80 Å². The van der Waals surface area contributed by atoms with E-state index in [1.165, 1.54) is 16.9 Å². The number of carbonyl (C=O) groups is 3. The Balaban J connectivity index is 2.67. The Hall–Kier alpha value is -1.79. The van der Waals surface area contributed by atoms with Crippen molar-refractivity contribution < 1.29 is 24.2 Å². The van der Waals surface area contributed by atoms with Crippen molar-refractivity contribution in [3.8, 4) is 0 Å². The number of methoxy groups -OCH3 is 1. The van der Waals surface area contributed by atoms with E-state index in [2.05, 4.69) is 4.74 Å². The number of aliphatic carboxylic acids is 1. The summed E-state index contributed by atoms with van der Waals surface area (Å²) in [6.07, 6.45) is 0. The lowest BCUT2D eigenvalue weighted by Gasteiger charge is -2.26. The molecule has 0 saturated carbocycles. The van der Waals surface area contributed by atoms with E-state index in [4.69, 9.17) is 5.11 Å². The molecule has 1 saturated heterocycles. The summed E-state index contributed by atoms with van der Waals surface area (Å²) in [5.41, 5.74) is 0. The van der Waals surface area contributed by atoms with Gasteiger partial charge in [-0.25, -0.2) is 4.79 Å². The van der Waals surface area contributed by atoms with Gasteiger partial charge in [0.25, 0.3) is 0 Å². The van der Waals surface area contributed by atoms with Gasteiger partial charge in [-0.15, -0.1) is 0 Å². The van der Waals surface area contributed by atoms with Gasteiger partial charge in [0, 0.05) is 19.6 Å². The maximum Gasteiger partial charge on any atom is 0.325 e. The molecule has 0 aromatic rings. The van der Waals surface area contributed by atoms with Crippen molar-refractivity contribution in [3.63, 3.8) is 0 Å². The lowest BCUT2D eigenvalue weighted by atomic mass is 9.99. The average molecular weight is 272 g/mol. The number of carboxylic acids is 1. The molecule has 0 aromatic carbocycles. The van der Waals surface area contributed by atoms with Crippen LogP contribution in [-0.4, -0.2) is 66.2 Å². The normalized spacial score (nSPS) is 22.2. The SMILES string of the molecule is CCN(CC(=O)OC)C(=O)N1C[C@@H](C)[C@H](C(=O)O)C1. The van der Waals surface area contributed by atoms with Gasteiger partial charge in [0.15, 0.2) is 0 Å². The van der Waals surface area contributed by atoms with Gasteiger partial charge >= 0.3 is 18.0 Å². The second-order valence-corrected chi connectivity index (χ2v) is 4.70. The zero-order valence-corrected chi connectivity index (χ0v) is 11.5. The number of carboxylic acid groups (broad SMARTS) is 1. The van der Waals surface area contributed by atoms with Crippen molar-refractivity contribution in [3.05, 3.63) is 0 Å². The Bertz CT molecular complexity index is 371. The van der Waals surface area contributed by atoms with E-state index in [1.807, 2.05) is 6.92 Å². The number of amides is 2. The second kappa shape index (κ2) is 6.40. The highest BCUT2D eigenvalue weighted by molar-refractivity contribution is 5.82. The molecule has 2 atom stereocenters. The number of likely N-dealkylation sites (tertiary alicyclic amines) is 1. The first-order valence-corrected chi connectivity index (χ1v) is 6.24. The van der Waals surface area contributed by atoms with E-state index >= 15 is 0 Å². The largest absolute Gasteiger partial charge is 0.481 e. The number of ether oxygens (including phenoxy) is 1. The molecule has 0 aliphatic carbocycles. The maximum absolute atomic E-state index is 12.2. The fourth-order valence-electron chi connectivity index (χ4n) is 2.18. The van der Waals surface area contributed by atoms with E-state index in [-0.39, 0.29) is 25.0 Å². The molecule has 0 aromatic heterocycles. The quantitative estimate of drug-likeness (QED) is 0.741. The molecule has 0 bridgehead atoms. The van der Waals surface area contributed by atoms with Gasteiger partial charge in [0.05, 0.1) is 13.0 Å². The number of urea groups is 1. The Morgan fingerprint density at radius 1 is 1.37 bits per heavy atom. The van der Waals surface area contributed by atoms with Crippen LogP contribution in [0, 0.1) is 11.8 Å². The van der Waals surface area contributed by atoms with E-state index < -0.39 is 17.9 Å². The lowest BCUT2D eigenvalue weighted by Crippen LogP contribution is -2.44. The number of rotatable bonds is 4. The summed E-state index contributed by atoms with van der Waals surface area (Å²) in [6.45, 7) is 4.41. The fraction of sp³-hybridized carbons (Fsp3) is 0.750. The standard InChI is InChI=1S/C12H20N2O5/c1-4-13(7-10(15)19-3)12(18)14-5-8(2)9(6-14)11(16)17/h8-9H,4-7H2,1-3H3,(H,16,17)/t8-,9-/m1/s1. The van der Waals surface area contributed by atoms with Gasteiger partial charge in [0.1, 0.15) is 6.54 Å².